The Bertz CT molecular complexity index is 383. The molecule has 0 aliphatic carbocycles. The number of alkyl halides is 4. The van der Waals surface area contributed by atoms with E-state index in [2.05, 4.69) is 4.74 Å². The number of halogens is 4. The van der Waals surface area contributed by atoms with Crippen molar-refractivity contribution >= 4 is 0 Å². The maximum absolute atomic E-state index is 12.7. The zero-order valence-corrected chi connectivity index (χ0v) is 9.81. The lowest BCUT2D eigenvalue weighted by Crippen LogP contribution is -2.12. The van der Waals surface area contributed by atoms with Crippen LogP contribution in [0, 0.1) is 0 Å². The minimum absolute atomic E-state index is 0.0343. The van der Waals surface area contributed by atoms with Crippen LogP contribution in [-0.4, -0.2) is 6.36 Å². The molecular weight excluding hydrogens is 236 g/mol. The van der Waals surface area contributed by atoms with Gasteiger partial charge in [0.2, 0.25) is 6.36 Å². The molecule has 0 saturated carbocycles. The van der Waals surface area contributed by atoms with Crippen LogP contribution in [0.3, 0.4) is 0 Å². The zero-order valence-electron chi connectivity index (χ0n) is 9.81. The van der Waals surface area contributed by atoms with E-state index in [4.69, 9.17) is 0 Å². The zero-order chi connectivity index (χ0) is 13.2. The summed E-state index contributed by atoms with van der Waals surface area (Å²) >= 11 is 0. The lowest BCUT2D eigenvalue weighted by molar-refractivity contribution is -0.139. The third-order valence-electron chi connectivity index (χ3n) is 2.27. The molecule has 0 amide bonds. The first-order valence-electron chi connectivity index (χ1n) is 5.23. The van der Waals surface area contributed by atoms with E-state index < -0.39 is 23.8 Å². The fourth-order valence-electron chi connectivity index (χ4n) is 1.41. The topological polar surface area (TPSA) is 9.23 Å². The van der Waals surface area contributed by atoms with Crippen LogP contribution < -0.4 is 4.74 Å². The lowest BCUT2D eigenvalue weighted by Gasteiger charge is -2.17. The first kappa shape index (κ1) is 13.8. The fourth-order valence-corrected chi connectivity index (χ4v) is 1.41. The predicted molar refractivity (Wildman–Crippen MR) is 56.7 cm³/mol. The molecule has 1 aromatic carbocycles. The van der Waals surface area contributed by atoms with Crippen molar-refractivity contribution in [3.8, 4) is 5.75 Å². The van der Waals surface area contributed by atoms with Crippen LogP contribution in [-0.2, 0) is 6.18 Å². The summed E-state index contributed by atoms with van der Waals surface area (Å²) in [4.78, 5) is 0. The monoisotopic (exact) mass is 250 g/mol. The highest BCUT2D eigenvalue weighted by molar-refractivity contribution is 5.40. The summed E-state index contributed by atoms with van der Waals surface area (Å²) in [5.74, 6) is -0.509. The van der Waals surface area contributed by atoms with Crippen LogP contribution in [0.25, 0.3) is 0 Å². The average molecular weight is 250 g/mol. The summed E-state index contributed by atoms with van der Waals surface area (Å²) in [5.41, 5.74) is -0.399. The Kier molecular flexibility index (Phi) is 4.01. The molecular formula is C12H14F4O. The molecule has 1 aromatic rings. The van der Waals surface area contributed by atoms with Gasteiger partial charge in [-0.2, -0.15) is 13.2 Å². The van der Waals surface area contributed by atoms with Crippen molar-refractivity contribution in [1.29, 1.82) is 0 Å². The van der Waals surface area contributed by atoms with E-state index in [-0.39, 0.29) is 5.92 Å². The second-order valence-corrected chi connectivity index (χ2v) is 4.07. The molecule has 0 aliphatic rings. The highest BCUT2D eigenvalue weighted by atomic mass is 19.4. The van der Waals surface area contributed by atoms with Crippen molar-refractivity contribution in [2.45, 2.75) is 39.2 Å². The molecule has 96 valence electrons. The van der Waals surface area contributed by atoms with Gasteiger partial charge in [0.25, 0.3) is 0 Å². The van der Waals surface area contributed by atoms with E-state index in [0.29, 0.717) is 5.56 Å². The van der Waals surface area contributed by atoms with E-state index >= 15 is 0 Å². The van der Waals surface area contributed by atoms with E-state index in [1.807, 2.05) is 0 Å². The summed E-state index contributed by atoms with van der Waals surface area (Å²) < 4.78 is 55.4. The number of ether oxygens (including phenoxy) is 1. The minimum Gasteiger partial charge on any atom is -0.460 e. The molecule has 0 saturated heterocycles. The quantitative estimate of drug-likeness (QED) is 0.716. The maximum Gasteiger partial charge on any atom is 0.419 e. The van der Waals surface area contributed by atoms with E-state index in [1.54, 1.807) is 13.8 Å². The van der Waals surface area contributed by atoms with Gasteiger partial charge in [0.1, 0.15) is 5.75 Å². The van der Waals surface area contributed by atoms with Crippen molar-refractivity contribution in [1.82, 2.24) is 0 Å². The molecule has 1 rings (SSSR count). The van der Waals surface area contributed by atoms with Gasteiger partial charge in [0, 0.05) is 6.92 Å². The standard InChI is InChI=1S/C12H14F4O/c1-7(2)9-4-5-11(17-8(3)13)10(6-9)12(14,15)16/h4-8H,1-3H3. The van der Waals surface area contributed by atoms with Crippen molar-refractivity contribution in [2.75, 3.05) is 0 Å². The van der Waals surface area contributed by atoms with E-state index in [9.17, 15) is 17.6 Å². The van der Waals surface area contributed by atoms with Gasteiger partial charge in [-0.15, -0.1) is 0 Å². The Morgan fingerprint density at radius 1 is 1.12 bits per heavy atom. The second-order valence-electron chi connectivity index (χ2n) is 4.07. The molecule has 1 unspecified atom stereocenters. The highest BCUT2D eigenvalue weighted by Gasteiger charge is 2.35. The molecule has 0 aromatic heterocycles. The van der Waals surface area contributed by atoms with Gasteiger partial charge in [-0.05, 0) is 23.6 Å². The summed E-state index contributed by atoms with van der Waals surface area (Å²) in [7, 11) is 0. The second kappa shape index (κ2) is 4.94. The first-order valence-corrected chi connectivity index (χ1v) is 5.23. The maximum atomic E-state index is 12.7. The van der Waals surface area contributed by atoms with Gasteiger partial charge in [-0.3, -0.25) is 0 Å². The average Bonchev–Trinajstić information content (AvgIpc) is 2.15. The largest absolute Gasteiger partial charge is 0.460 e. The molecule has 0 radical (unpaired) electrons. The fraction of sp³-hybridized carbons (Fsp3) is 0.500. The lowest BCUT2D eigenvalue weighted by atomic mass is 10.00. The van der Waals surface area contributed by atoms with Gasteiger partial charge < -0.3 is 4.74 Å². The smallest absolute Gasteiger partial charge is 0.419 e. The predicted octanol–water partition coefficient (Wildman–Crippen LogP) is 4.52. The number of rotatable bonds is 3. The molecule has 0 fully saturated rings. The number of benzene rings is 1. The minimum atomic E-state index is -4.55. The van der Waals surface area contributed by atoms with Crippen LogP contribution in [0.4, 0.5) is 17.6 Å². The Labute approximate surface area is 97.4 Å². The molecule has 0 aliphatic heterocycles. The number of hydrogen-bond donors (Lipinski definition) is 0. The summed E-state index contributed by atoms with van der Waals surface area (Å²) in [6, 6.07) is 3.67. The van der Waals surface area contributed by atoms with Gasteiger partial charge in [0.15, 0.2) is 0 Å². The van der Waals surface area contributed by atoms with Crippen molar-refractivity contribution < 1.29 is 22.3 Å². The van der Waals surface area contributed by atoms with Crippen LogP contribution in [0.15, 0.2) is 18.2 Å². The molecule has 0 N–H and O–H groups in total. The van der Waals surface area contributed by atoms with E-state index in [1.165, 1.54) is 6.07 Å². The van der Waals surface area contributed by atoms with Crippen LogP contribution >= 0.6 is 0 Å². The van der Waals surface area contributed by atoms with Crippen LogP contribution in [0.2, 0.25) is 0 Å². The Morgan fingerprint density at radius 2 is 1.71 bits per heavy atom. The summed E-state index contributed by atoms with van der Waals surface area (Å²) in [6.45, 7) is 4.61. The van der Waals surface area contributed by atoms with Gasteiger partial charge in [-0.1, -0.05) is 19.9 Å². The Hall–Kier alpha value is -1.26. The van der Waals surface area contributed by atoms with Crippen molar-refractivity contribution in [3.63, 3.8) is 0 Å². The van der Waals surface area contributed by atoms with Gasteiger partial charge in [0.05, 0.1) is 5.56 Å². The van der Waals surface area contributed by atoms with Crippen LogP contribution in [0.5, 0.6) is 5.75 Å². The summed E-state index contributed by atoms with van der Waals surface area (Å²) in [5, 5.41) is 0. The van der Waals surface area contributed by atoms with E-state index in [0.717, 1.165) is 19.1 Å². The first-order chi connectivity index (χ1) is 7.71. The third kappa shape index (κ3) is 3.61. The summed E-state index contributed by atoms with van der Waals surface area (Å²) in [6.07, 6.45) is -6.32. The molecule has 0 bridgehead atoms. The Balaban J connectivity index is 3.22. The molecule has 1 atom stereocenters. The molecule has 5 heteroatoms. The van der Waals surface area contributed by atoms with Crippen LogP contribution in [0.1, 0.15) is 37.8 Å². The molecule has 0 heterocycles. The van der Waals surface area contributed by atoms with Gasteiger partial charge >= 0.3 is 6.18 Å². The Morgan fingerprint density at radius 3 is 2.12 bits per heavy atom. The molecule has 1 nitrogen and oxygen atoms in total. The molecule has 17 heavy (non-hydrogen) atoms. The highest BCUT2D eigenvalue weighted by Crippen LogP contribution is 2.38. The molecule has 0 spiro atoms. The number of hydrogen-bond acceptors (Lipinski definition) is 1. The van der Waals surface area contributed by atoms with Crippen molar-refractivity contribution in [3.05, 3.63) is 29.3 Å². The van der Waals surface area contributed by atoms with Gasteiger partial charge in [-0.25, -0.2) is 4.39 Å². The normalized spacial score (nSPS) is 13.9. The third-order valence-corrected chi connectivity index (χ3v) is 2.27. The SMILES string of the molecule is CC(F)Oc1ccc(C(C)C)cc1C(F)(F)F. The van der Waals surface area contributed by atoms with Crippen molar-refractivity contribution in [2.24, 2.45) is 0 Å².